The molecule has 0 saturated carbocycles. The number of aliphatic hydroxyl groups is 1. The molecule has 0 atom stereocenters. The predicted octanol–water partition coefficient (Wildman–Crippen LogP) is -0.0231. The summed E-state index contributed by atoms with van der Waals surface area (Å²) in [6.07, 6.45) is 4.75. The van der Waals surface area contributed by atoms with Gasteiger partial charge in [0.25, 0.3) is 0 Å². The second kappa shape index (κ2) is 6.97. The average Bonchev–Trinajstić information content (AvgIpc) is 2.25. The normalized spacial score (nSPS) is 10.6. The van der Waals surface area contributed by atoms with E-state index in [1.165, 1.54) is 0 Å². The fourth-order valence-corrected chi connectivity index (χ4v) is 0.869. The number of nitrogens with zero attached hydrogens (tertiary/aromatic N) is 3. The molecule has 76 valence electrons. The molecular formula is C9H14N4O. The summed E-state index contributed by atoms with van der Waals surface area (Å²) in [5, 5.41) is 20.1. The Bertz CT molecular complexity index is 263. The van der Waals surface area contributed by atoms with Crippen LogP contribution in [0, 0.1) is 0 Å². The molecule has 1 heterocycles. The molecule has 0 bridgehead atoms. The zero-order valence-electron chi connectivity index (χ0n) is 7.93. The van der Waals surface area contributed by atoms with Crippen LogP contribution in [0.1, 0.15) is 12.1 Å². The van der Waals surface area contributed by atoms with E-state index in [2.05, 4.69) is 20.7 Å². The van der Waals surface area contributed by atoms with Crippen molar-refractivity contribution >= 4 is 6.21 Å². The monoisotopic (exact) mass is 194 g/mol. The van der Waals surface area contributed by atoms with Crippen LogP contribution >= 0.6 is 0 Å². The molecule has 14 heavy (non-hydrogen) atoms. The van der Waals surface area contributed by atoms with Gasteiger partial charge in [0, 0.05) is 32.0 Å². The first-order chi connectivity index (χ1) is 6.93. The van der Waals surface area contributed by atoms with Gasteiger partial charge in [-0.1, -0.05) is 0 Å². The Labute approximate surface area is 82.9 Å². The van der Waals surface area contributed by atoms with Crippen molar-refractivity contribution in [3.05, 3.63) is 24.0 Å². The van der Waals surface area contributed by atoms with Gasteiger partial charge in [-0.3, -0.25) is 0 Å². The smallest absolute Gasteiger partial charge is 0.0685 e. The molecule has 1 rings (SSSR count). The number of hydrogen-bond donors (Lipinski definition) is 2. The quantitative estimate of drug-likeness (QED) is 0.379. The highest BCUT2D eigenvalue weighted by Gasteiger charge is 1.88. The van der Waals surface area contributed by atoms with Crippen molar-refractivity contribution < 1.29 is 5.11 Å². The van der Waals surface area contributed by atoms with Crippen LogP contribution in [0.4, 0.5) is 0 Å². The van der Waals surface area contributed by atoms with Crippen LogP contribution in [0.2, 0.25) is 0 Å². The summed E-state index contributed by atoms with van der Waals surface area (Å²) in [5.41, 5.74) is 3.71. The number of rotatable bonds is 6. The minimum atomic E-state index is 0.187. The van der Waals surface area contributed by atoms with E-state index in [9.17, 15) is 0 Å². The Balaban J connectivity index is 2.14. The van der Waals surface area contributed by atoms with Gasteiger partial charge in [-0.25, -0.2) is 0 Å². The van der Waals surface area contributed by atoms with Crippen LogP contribution in [0.5, 0.6) is 0 Å². The van der Waals surface area contributed by atoms with Crippen LogP contribution in [0.15, 0.2) is 23.4 Å². The molecular weight excluding hydrogens is 180 g/mol. The molecule has 0 amide bonds. The zero-order valence-corrected chi connectivity index (χ0v) is 7.93. The Kier molecular flexibility index (Phi) is 5.27. The number of aromatic nitrogens is 2. The maximum atomic E-state index is 8.49. The van der Waals surface area contributed by atoms with Gasteiger partial charge in [0.1, 0.15) is 0 Å². The van der Waals surface area contributed by atoms with Crippen molar-refractivity contribution in [1.29, 1.82) is 0 Å². The first-order valence-corrected chi connectivity index (χ1v) is 4.55. The summed E-state index contributed by atoms with van der Waals surface area (Å²) in [6, 6.07) is 3.74. The van der Waals surface area contributed by atoms with E-state index in [0.717, 1.165) is 5.69 Å². The third-order valence-electron chi connectivity index (χ3n) is 1.56. The summed E-state index contributed by atoms with van der Waals surface area (Å²) >= 11 is 0. The summed E-state index contributed by atoms with van der Waals surface area (Å²) in [6.45, 7) is 0.875. The van der Waals surface area contributed by atoms with Crippen LogP contribution < -0.4 is 5.43 Å². The molecule has 1 aromatic rings. The minimum absolute atomic E-state index is 0.187. The Morgan fingerprint density at radius 2 is 2.50 bits per heavy atom. The van der Waals surface area contributed by atoms with E-state index in [1.807, 2.05) is 12.1 Å². The summed E-state index contributed by atoms with van der Waals surface area (Å²) in [5.74, 6) is 0. The molecule has 2 N–H and O–H groups in total. The minimum Gasteiger partial charge on any atom is -0.396 e. The van der Waals surface area contributed by atoms with Crippen molar-refractivity contribution in [1.82, 2.24) is 15.6 Å². The van der Waals surface area contributed by atoms with Crippen molar-refractivity contribution in [2.24, 2.45) is 5.10 Å². The third-order valence-corrected chi connectivity index (χ3v) is 1.56. The Morgan fingerprint density at radius 3 is 3.21 bits per heavy atom. The highest BCUT2D eigenvalue weighted by Crippen LogP contribution is 1.89. The average molecular weight is 194 g/mol. The van der Waals surface area contributed by atoms with Crippen LogP contribution in [0.3, 0.4) is 0 Å². The van der Waals surface area contributed by atoms with Gasteiger partial charge in [-0.2, -0.15) is 15.3 Å². The van der Waals surface area contributed by atoms with Crippen molar-refractivity contribution in [2.75, 3.05) is 13.2 Å². The van der Waals surface area contributed by atoms with Crippen molar-refractivity contribution in [3.63, 3.8) is 0 Å². The highest BCUT2D eigenvalue weighted by atomic mass is 16.3. The molecule has 0 unspecified atom stereocenters. The number of hydrazone groups is 1. The Morgan fingerprint density at radius 1 is 1.57 bits per heavy atom. The van der Waals surface area contributed by atoms with Crippen LogP contribution in [-0.4, -0.2) is 34.7 Å². The highest BCUT2D eigenvalue weighted by molar-refractivity contribution is 5.59. The van der Waals surface area contributed by atoms with Crippen molar-refractivity contribution in [2.45, 2.75) is 12.8 Å². The lowest BCUT2D eigenvalue weighted by Crippen LogP contribution is -2.09. The van der Waals surface area contributed by atoms with Crippen molar-refractivity contribution in [3.8, 4) is 0 Å². The van der Waals surface area contributed by atoms with E-state index in [1.54, 1.807) is 12.4 Å². The molecule has 5 heteroatoms. The van der Waals surface area contributed by atoms with E-state index < -0.39 is 0 Å². The van der Waals surface area contributed by atoms with Gasteiger partial charge in [0.15, 0.2) is 0 Å². The molecule has 0 radical (unpaired) electrons. The summed E-state index contributed by atoms with van der Waals surface area (Å²) < 4.78 is 0. The van der Waals surface area contributed by atoms with E-state index in [4.69, 9.17) is 5.11 Å². The largest absolute Gasteiger partial charge is 0.396 e. The lowest BCUT2D eigenvalue weighted by molar-refractivity contribution is 0.286. The first-order valence-electron chi connectivity index (χ1n) is 4.55. The topological polar surface area (TPSA) is 70.4 Å². The van der Waals surface area contributed by atoms with Crippen LogP contribution in [0.25, 0.3) is 0 Å². The van der Waals surface area contributed by atoms with Gasteiger partial charge in [-0.05, 0) is 18.6 Å². The molecule has 0 spiro atoms. The standard InChI is InChI=1S/C9H14N4O/c14-8-2-6-10-11-7-4-9-3-1-5-12-13-9/h1,3,5,7,10,14H,2,4,6,8H2/b11-7+. The molecule has 5 nitrogen and oxygen atoms in total. The summed E-state index contributed by atoms with van der Waals surface area (Å²) in [4.78, 5) is 0. The van der Waals surface area contributed by atoms with Gasteiger partial charge in [0.2, 0.25) is 0 Å². The van der Waals surface area contributed by atoms with Gasteiger partial charge >= 0.3 is 0 Å². The van der Waals surface area contributed by atoms with E-state index in [-0.39, 0.29) is 6.61 Å². The van der Waals surface area contributed by atoms with Gasteiger partial charge < -0.3 is 10.5 Å². The zero-order chi connectivity index (χ0) is 10.1. The number of hydrogen-bond acceptors (Lipinski definition) is 5. The van der Waals surface area contributed by atoms with E-state index >= 15 is 0 Å². The molecule has 0 saturated heterocycles. The summed E-state index contributed by atoms with van der Waals surface area (Å²) in [7, 11) is 0. The van der Waals surface area contributed by atoms with Crippen LogP contribution in [-0.2, 0) is 6.42 Å². The first kappa shape index (κ1) is 10.6. The third kappa shape index (κ3) is 4.51. The van der Waals surface area contributed by atoms with Gasteiger partial charge in [-0.15, -0.1) is 0 Å². The SMILES string of the molecule is OCCCN/N=C/Cc1cccnn1. The predicted molar refractivity (Wildman–Crippen MR) is 53.9 cm³/mol. The molecule has 1 aromatic heterocycles. The van der Waals surface area contributed by atoms with Gasteiger partial charge in [0.05, 0.1) is 5.69 Å². The maximum Gasteiger partial charge on any atom is 0.0685 e. The lowest BCUT2D eigenvalue weighted by Gasteiger charge is -1.96. The second-order valence-electron chi connectivity index (χ2n) is 2.72. The molecule has 0 aliphatic rings. The maximum absolute atomic E-state index is 8.49. The van der Waals surface area contributed by atoms with E-state index in [0.29, 0.717) is 19.4 Å². The lowest BCUT2D eigenvalue weighted by atomic mass is 10.3. The molecule has 0 aromatic carbocycles. The fraction of sp³-hybridized carbons (Fsp3) is 0.444. The fourth-order valence-electron chi connectivity index (χ4n) is 0.869. The number of nitrogens with one attached hydrogen (secondary N) is 1. The number of aliphatic hydroxyl groups excluding tert-OH is 1. The molecule has 0 aliphatic carbocycles. The second-order valence-corrected chi connectivity index (χ2v) is 2.72. The Hall–Kier alpha value is -1.49. The molecule has 0 aliphatic heterocycles. The molecule has 0 fully saturated rings.